The van der Waals surface area contributed by atoms with Crippen LogP contribution in [0.2, 0.25) is 0 Å². The molecule has 3 rings (SSSR count). The molecule has 0 aliphatic heterocycles. The molecule has 7 heteroatoms. The number of hydrogen-bond acceptors (Lipinski definition) is 5. The van der Waals surface area contributed by atoms with E-state index in [9.17, 15) is 9.59 Å². The van der Waals surface area contributed by atoms with Crippen molar-refractivity contribution in [2.75, 3.05) is 12.4 Å². The largest absolute Gasteiger partial charge is 0.361 e. The van der Waals surface area contributed by atoms with Gasteiger partial charge < -0.3 is 14.7 Å². The Labute approximate surface area is 138 Å². The highest BCUT2D eigenvalue weighted by Crippen LogP contribution is 2.33. The van der Waals surface area contributed by atoms with Crippen molar-refractivity contribution in [1.29, 1.82) is 0 Å². The number of anilines is 1. The van der Waals surface area contributed by atoms with Crippen molar-refractivity contribution in [3.05, 3.63) is 34.0 Å². The van der Waals surface area contributed by atoms with E-state index >= 15 is 0 Å². The zero-order valence-electron chi connectivity index (χ0n) is 13.4. The molecule has 2 aromatic rings. The highest BCUT2D eigenvalue weighted by molar-refractivity contribution is 7.18. The lowest BCUT2D eigenvalue weighted by molar-refractivity contribution is -0.117. The molecule has 1 saturated carbocycles. The van der Waals surface area contributed by atoms with Crippen LogP contribution < -0.4 is 5.32 Å². The van der Waals surface area contributed by atoms with Gasteiger partial charge in [-0.1, -0.05) is 5.16 Å². The number of carbonyl (C=O) groups excluding carboxylic acids is 2. The minimum atomic E-state index is -0.0833. The molecule has 1 fully saturated rings. The van der Waals surface area contributed by atoms with Crippen LogP contribution in [0.3, 0.4) is 0 Å². The molecule has 122 valence electrons. The third kappa shape index (κ3) is 3.61. The van der Waals surface area contributed by atoms with Gasteiger partial charge >= 0.3 is 0 Å². The Morgan fingerprint density at radius 1 is 1.39 bits per heavy atom. The van der Waals surface area contributed by atoms with Gasteiger partial charge in [0.1, 0.15) is 11.5 Å². The highest BCUT2D eigenvalue weighted by Gasteiger charge is 2.30. The van der Waals surface area contributed by atoms with Gasteiger partial charge in [-0.2, -0.15) is 0 Å². The van der Waals surface area contributed by atoms with Crippen LogP contribution in [0.15, 0.2) is 16.7 Å². The van der Waals surface area contributed by atoms with Crippen molar-refractivity contribution in [2.45, 2.75) is 33.2 Å². The summed E-state index contributed by atoms with van der Waals surface area (Å²) in [5.74, 6) is 0.838. The normalized spacial score (nSPS) is 13.9. The maximum atomic E-state index is 12.6. The van der Waals surface area contributed by atoms with E-state index in [0.717, 1.165) is 34.9 Å². The van der Waals surface area contributed by atoms with Crippen LogP contribution in [0, 0.1) is 19.8 Å². The molecule has 23 heavy (non-hydrogen) atoms. The quantitative estimate of drug-likeness (QED) is 0.913. The molecule has 1 N–H and O–H groups in total. The van der Waals surface area contributed by atoms with Gasteiger partial charge in [0.05, 0.1) is 16.4 Å². The van der Waals surface area contributed by atoms with E-state index in [1.165, 1.54) is 11.3 Å². The van der Waals surface area contributed by atoms with Gasteiger partial charge in [-0.15, -0.1) is 11.3 Å². The molecule has 0 atom stereocenters. The summed E-state index contributed by atoms with van der Waals surface area (Å²) in [6.07, 6.45) is 1.92. The summed E-state index contributed by atoms with van der Waals surface area (Å²) in [6, 6.07) is 3.67. The van der Waals surface area contributed by atoms with Gasteiger partial charge in [0.15, 0.2) is 0 Å². The topological polar surface area (TPSA) is 75.4 Å². The number of carbonyl (C=O) groups is 2. The first-order chi connectivity index (χ1) is 10.9. The summed E-state index contributed by atoms with van der Waals surface area (Å²) >= 11 is 1.32. The van der Waals surface area contributed by atoms with Crippen molar-refractivity contribution < 1.29 is 14.1 Å². The van der Waals surface area contributed by atoms with E-state index in [1.807, 2.05) is 26.0 Å². The summed E-state index contributed by atoms with van der Waals surface area (Å²) in [5, 5.41) is 7.53. The molecule has 0 unspecified atom stereocenters. The third-order valence-electron chi connectivity index (χ3n) is 3.73. The fraction of sp³-hybridized carbons (Fsp3) is 0.438. The lowest BCUT2D eigenvalue weighted by atomic mass is 10.2. The van der Waals surface area contributed by atoms with Crippen LogP contribution in [0.1, 0.15) is 39.5 Å². The minimum absolute atomic E-state index is 0.0525. The van der Waals surface area contributed by atoms with Crippen LogP contribution in [0.5, 0.6) is 0 Å². The second-order valence-electron chi connectivity index (χ2n) is 5.98. The zero-order chi connectivity index (χ0) is 16.6. The van der Waals surface area contributed by atoms with Crippen LogP contribution in [0.4, 0.5) is 5.00 Å². The lowest BCUT2D eigenvalue weighted by Crippen LogP contribution is -2.26. The fourth-order valence-corrected chi connectivity index (χ4v) is 3.38. The van der Waals surface area contributed by atoms with E-state index < -0.39 is 0 Å². The van der Waals surface area contributed by atoms with Gasteiger partial charge in [-0.3, -0.25) is 9.59 Å². The highest BCUT2D eigenvalue weighted by atomic mass is 32.1. The Morgan fingerprint density at radius 3 is 2.74 bits per heavy atom. The number of thiophene rings is 1. The van der Waals surface area contributed by atoms with Crippen molar-refractivity contribution >= 4 is 28.2 Å². The van der Waals surface area contributed by atoms with Gasteiger partial charge in [-0.05, 0) is 38.3 Å². The summed E-state index contributed by atoms with van der Waals surface area (Å²) in [7, 11) is 1.73. The van der Waals surface area contributed by atoms with E-state index in [-0.39, 0.29) is 17.7 Å². The minimum Gasteiger partial charge on any atom is -0.361 e. The second-order valence-corrected chi connectivity index (χ2v) is 7.03. The average molecular weight is 333 g/mol. The summed E-state index contributed by atoms with van der Waals surface area (Å²) in [5.41, 5.74) is 1.59. The maximum Gasteiger partial charge on any atom is 0.264 e. The molecule has 6 nitrogen and oxygen atoms in total. The summed E-state index contributed by atoms with van der Waals surface area (Å²) in [4.78, 5) is 26.6. The van der Waals surface area contributed by atoms with E-state index in [0.29, 0.717) is 11.4 Å². The summed E-state index contributed by atoms with van der Waals surface area (Å²) in [6.45, 7) is 4.08. The van der Waals surface area contributed by atoms with Crippen LogP contribution >= 0.6 is 11.3 Å². The number of nitrogens with one attached hydrogen (secondary N) is 1. The van der Waals surface area contributed by atoms with Crippen LogP contribution in [0.25, 0.3) is 0 Å². The maximum absolute atomic E-state index is 12.6. The van der Waals surface area contributed by atoms with Gasteiger partial charge in [0.2, 0.25) is 5.91 Å². The number of hydrogen-bond donors (Lipinski definition) is 1. The lowest BCUT2D eigenvalue weighted by Gasteiger charge is -2.14. The predicted molar refractivity (Wildman–Crippen MR) is 87.4 cm³/mol. The summed E-state index contributed by atoms with van der Waals surface area (Å²) < 4.78 is 5.02. The Kier molecular flexibility index (Phi) is 4.21. The monoisotopic (exact) mass is 333 g/mol. The predicted octanol–water partition coefficient (Wildman–Crippen LogP) is 2.97. The number of aromatic nitrogens is 1. The Balaban J connectivity index is 1.68. The molecular formula is C16H19N3O3S. The number of amides is 2. The molecular weight excluding hydrogens is 314 g/mol. The average Bonchev–Trinajstić information content (AvgIpc) is 3.19. The van der Waals surface area contributed by atoms with Crippen LogP contribution in [-0.2, 0) is 11.3 Å². The first-order valence-corrected chi connectivity index (χ1v) is 8.34. The molecule has 0 aromatic carbocycles. The van der Waals surface area contributed by atoms with E-state index in [2.05, 4.69) is 10.5 Å². The molecule has 0 saturated heterocycles. The Bertz CT molecular complexity index is 746. The molecule has 2 amide bonds. The Morgan fingerprint density at radius 2 is 2.13 bits per heavy atom. The van der Waals surface area contributed by atoms with Gasteiger partial charge in [0, 0.05) is 19.0 Å². The number of rotatable bonds is 5. The Hall–Kier alpha value is -2.15. The molecule has 1 aliphatic rings. The molecule has 2 aromatic heterocycles. The van der Waals surface area contributed by atoms with Gasteiger partial charge in [0.25, 0.3) is 5.91 Å². The van der Waals surface area contributed by atoms with Crippen molar-refractivity contribution in [3.8, 4) is 0 Å². The van der Waals surface area contributed by atoms with Crippen LogP contribution in [-0.4, -0.2) is 28.9 Å². The number of nitrogens with zero attached hydrogens (tertiary/aromatic N) is 2. The number of aryl methyl sites for hydroxylation is 2. The van der Waals surface area contributed by atoms with E-state index in [4.69, 9.17) is 4.52 Å². The standard InChI is InChI=1S/C16H19N3O3S/c1-9-6-13(17-15(20)11-4-5-11)23-14(9)16(21)19(3)8-12-7-10(2)22-18-12/h6-7,11H,4-5,8H2,1-3H3,(H,17,20). The van der Waals surface area contributed by atoms with Crippen molar-refractivity contribution in [3.63, 3.8) is 0 Å². The zero-order valence-corrected chi connectivity index (χ0v) is 14.2. The van der Waals surface area contributed by atoms with Gasteiger partial charge in [-0.25, -0.2) is 0 Å². The molecule has 0 bridgehead atoms. The smallest absolute Gasteiger partial charge is 0.264 e. The second kappa shape index (κ2) is 6.16. The first kappa shape index (κ1) is 15.7. The third-order valence-corrected chi connectivity index (χ3v) is 4.87. The first-order valence-electron chi connectivity index (χ1n) is 7.53. The SMILES string of the molecule is Cc1cc(CN(C)C(=O)c2sc(NC(=O)C3CC3)cc2C)no1. The molecule has 0 spiro atoms. The molecule has 2 heterocycles. The molecule has 0 radical (unpaired) electrons. The van der Waals surface area contributed by atoms with Crippen molar-refractivity contribution in [2.24, 2.45) is 5.92 Å². The fourth-order valence-electron chi connectivity index (χ4n) is 2.31. The van der Waals surface area contributed by atoms with E-state index in [1.54, 1.807) is 11.9 Å². The van der Waals surface area contributed by atoms with Crippen molar-refractivity contribution in [1.82, 2.24) is 10.1 Å². The molecule has 1 aliphatic carbocycles.